The van der Waals surface area contributed by atoms with Crippen LogP contribution in [-0.2, 0) is 4.79 Å². The van der Waals surface area contributed by atoms with E-state index in [1.165, 1.54) is 24.9 Å². The highest BCUT2D eigenvalue weighted by Crippen LogP contribution is 2.15. The molecule has 0 aliphatic carbocycles. The molecule has 3 N–H and O–H groups in total. The van der Waals surface area contributed by atoms with Gasteiger partial charge in [0.1, 0.15) is 6.04 Å². The predicted molar refractivity (Wildman–Crippen MR) is 105 cm³/mol. The normalized spacial score (nSPS) is 16.6. The first kappa shape index (κ1) is 23.2. The summed E-state index contributed by atoms with van der Waals surface area (Å²) in [6, 6.07) is 7.56. The molecule has 1 saturated heterocycles. The maximum Gasteiger partial charge on any atom is 0.241 e. The number of rotatable bonds is 6. The molecule has 1 atom stereocenters. The lowest BCUT2D eigenvalue weighted by Crippen LogP contribution is -2.47. The Kier molecular flexibility index (Phi) is 11.3. The zero-order chi connectivity index (χ0) is 15.9. The van der Waals surface area contributed by atoms with Crippen LogP contribution in [-0.4, -0.2) is 36.5 Å². The summed E-state index contributed by atoms with van der Waals surface area (Å²) >= 11 is 0. The molecule has 0 radical (unpaired) electrons. The van der Waals surface area contributed by atoms with E-state index in [9.17, 15) is 4.79 Å². The molecule has 1 aromatic rings. The highest BCUT2D eigenvalue weighted by Gasteiger charge is 2.23. The van der Waals surface area contributed by atoms with Crippen LogP contribution in [0.25, 0.3) is 0 Å². The molecular weight excluding hydrogens is 345 g/mol. The first-order valence-corrected chi connectivity index (χ1v) is 8.45. The minimum atomic E-state index is -0.571. The Balaban J connectivity index is 0.00000264. The number of hydrogen-bond acceptors (Lipinski definition) is 3. The zero-order valence-corrected chi connectivity index (χ0v) is 16.3. The summed E-state index contributed by atoms with van der Waals surface area (Å²) in [6.07, 6.45) is 4.55. The van der Waals surface area contributed by atoms with Gasteiger partial charge in [0.2, 0.25) is 5.91 Å². The van der Waals surface area contributed by atoms with Gasteiger partial charge in [0.15, 0.2) is 0 Å². The number of nitrogens with zero attached hydrogens (tertiary/aromatic N) is 1. The van der Waals surface area contributed by atoms with E-state index >= 15 is 0 Å². The summed E-state index contributed by atoms with van der Waals surface area (Å²) in [6.45, 7) is 7.58. The number of nitrogens with two attached hydrogens (primary N) is 1. The van der Waals surface area contributed by atoms with Crippen molar-refractivity contribution in [3.05, 3.63) is 35.4 Å². The van der Waals surface area contributed by atoms with Crippen LogP contribution >= 0.6 is 24.8 Å². The fourth-order valence-electron chi connectivity index (χ4n) is 2.90. The van der Waals surface area contributed by atoms with E-state index in [0.717, 1.165) is 31.5 Å². The zero-order valence-electron chi connectivity index (χ0n) is 14.7. The number of benzene rings is 1. The first-order chi connectivity index (χ1) is 10.6. The van der Waals surface area contributed by atoms with E-state index in [1.807, 2.05) is 31.2 Å². The number of likely N-dealkylation sites (tertiary alicyclic amines) is 1. The van der Waals surface area contributed by atoms with Gasteiger partial charge in [-0.1, -0.05) is 43.2 Å². The highest BCUT2D eigenvalue weighted by molar-refractivity contribution is 5.85. The standard InChI is InChI=1S/C18H29N3O.2ClH/c1-3-4-11-21-12-9-16(10-13-21)20-18(22)17(19)15-7-5-14(2)6-8-15;;/h5-8,16-17H,3-4,9-13,19H2,1-2H3,(H,20,22);2*1H. The lowest BCUT2D eigenvalue weighted by atomic mass is 10.0. The van der Waals surface area contributed by atoms with Crippen molar-refractivity contribution in [1.29, 1.82) is 0 Å². The Labute approximate surface area is 158 Å². The lowest BCUT2D eigenvalue weighted by Gasteiger charge is -2.32. The Morgan fingerprint density at radius 3 is 2.38 bits per heavy atom. The predicted octanol–water partition coefficient (Wildman–Crippen LogP) is 3.22. The third-order valence-electron chi connectivity index (χ3n) is 4.48. The molecule has 2 rings (SSSR count). The Morgan fingerprint density at radius 1 is 1.25 bits per heavy atom. The van der Waals surface area contributed by atoms with E-state index in [4.69, 9.17) is 5.73 Å². The molecule has 4 nitrogen and oxygen atoms in total. The van der Waals surface area contributed by atoms with Crippen molar-refractivity contribution in [2.24, 2.45) is 5.73 Å². The number of halogens is 2. The van der Waals surface area contributed by atoms with Gasteiger partial charge in [0.25, 0.3) is 0 Å². The van der Waals surface area contributed by atoms with Crippen molar-refractivity contribution >= 4 is 30.7 Å². The van der Waals surface area contributed by atoms with Crippen molar-refractivity contribution < 1.29 is 4.79 Å². The monoisotopic (exact) mass is 375 g/mol. The van der Waals surface area contributed by atoms with Crippen molar-refractivity contribution in [3.8, 4) is 0 Å². The number of aryl methyl sites for hydroxylation is 1. The Bertz CT molecular complexity index is 474. The number of amides is 1. The molecule has 1 unspecified atom stereocenters. The summed E-state index contributed by atoms with van der Waals surface area (Å²) < 4.78 is 0. The highest BCUT2D eigenvalue weighted by atomic mass is 35.5. The molecule has 1 aliphatic rings. The number of piperidine rings is 1. The number of nitrogens with one attached hydrogen (secondary N) is 1. The number of carbonyl (C=O) groups is 1. The third-order valence-corrected chi connectivity index (χ3v) is 4.48. The summed E-state index contributed by atoms with van der Waals surface area (Å²) in [4.78, 5) is 14.8. The molecule has 24 heavy (non-hydrogen) atoms. The number of carbonyl (C=O) groups excluding carboxylic acids is 1. The van der Waals surface area contributed by atoms with E-state index < -0.39 is 6.04 Å². The second-order valence-electron chi connectivity index (χ2n) is 6.37. The van der Waals surface area contributed by atoms with Gasteiger partial charge in [-0.2, -0.15) is 0 Å². The summed E-state index contributed by atoms with van der Waals surface area (Å²) in [7, 11) is 0. The van der Waals surface area contributed by atoms with Crippen molar-refractivity contribution in [2.75, 3.05) is 19.6 Å². The second-order valence-corrected chi connectivity index (χ2v) is 6.37. The van der Waals surface area contributed by atoms with Gasteiger partial charge in [-0.25, -0.2) is 0 Å². The number of unbranched alkanes of at least 4 members (excludes halogenated alkanes) is 1. The Hall–Kier alpha value is -0.810. The minimum Gasteiger partial charge on any atom is -0.352 e. The maximum absolute atomic E-state index is 12.3. The van der Waals surface area contributed by atoms with Gasteiger partial charge in [0, 0.05) is 19.1 Å². The molecular formula is C18H31Cl2N3O. The average molecular weight is 376 g/mol. The first-order valence-electron chi connectivity index (χ1n) is 8.45. The van der Waals surface area contributed by atoms with Crippen molar-refractivity contribution in [1.82, 2.24) is 10.2 Å². The molecule has 0 aromatic heterocycles. The van der Waals surface area contributed by atoms with Crippen LogP contribution in [0.3, 0.4) is 0 Å². The lowest BCUT2D eigenvalue weighted by molar-refractivity contribution is -0.123. The van der Waals surface area contributed by atoms with Gasteiger partial charge in [0.05, 0.1) is 0 Å². The molecule has 0 bridgehead atoms. The minimum absolute atomic E-state index is 0. The molecule has 0 saturated carbocycles. The molecule has 1 fully saturated rings. The van der Waals surface area contributed by atoms with E-state index in [-0.39, 0.29) is 36.8 Å². The largest absolute Gasteiger partial charge is 0.352 e. The topological polar surface area (TPSA) is 58.4 Å². The average Bonchev–Trinajstić information content (AvgIpc) is 2.54. The van der Waals surface area contributed by atoms with Crippen LogP contribution in [0.15, 0.2) is 24.3 Å². The van der Waals surface area contributed by atoms with Crippen LogP contribution in [0.5, 0.6) is 0 Å². The van der Waals surface area contributed by atoms with Crippen LogP contribution < -0.4 is 11.1 Å². The smallest absolute Gasteiger partial charge is 0.241 e. The quantitative estimate of drug-likeness (QED) is 0.802. The van der Waals surface area contributed by atoms with Gasteiger partial charge >= 0.3 is 0 Å². The third kappa shape index (κ3) is 6.98. The van der Waals surface area contributed by atoms with Crippen LogP contribution in [0.2, 0.25) is 0 Å². The molecule has 1 aromatic carbocycles. The van der Waals surface area contributed by atoms with Gasteiger partial charge < -0.3 is 16.0 Å². The van der Waals surface area contributed by atoms with E-state index in [2.05, 4.69) is 17.1 Å². The van der Waals surface area contributed by atoms with E-state index in [0.29, 0.717) is 0 Å². The summed E-state index contributed by atoms with van der Waals surface area (Å²) in [5.41, 5.74) is 8.13. The van der Waals surface area contributed by atoms with Gasteiger partial charge in [-0.3, -0.25) is 4.79 Å². The summed E-state index contributed by atoms with van der Waals surface area (Å²) in [5.74, 6) is -0.0594. The van der Waals surface area contributed by atoms with Crippen molar-refractivity contribution in [2.45, 2.75) is 51.6 Å². The Morgan fingerprint density at radius 2 is 1.83 bits per heavy atom. The molecule has 1 aliphatic heterocycles. The van der Waals surface area contributed by atoms with Gasteiger partial charge in [-0.15, -0.1) is 24.8 Å². The molecule has 6 heteroatoms. The van der Waals surface area contributed by atoms with Crippen molar-refractivity contribution in [3.63, 3.8) is 0 Å². The maximum atomic E-state index is 12.3. The molecule has 138 valence electrons. The van der Waals surface area contributed by atoms with Crippen LogP contribution in [0.4, 0.5) is 0 Å². The molecule has 1 heterocycles. The molecule has 0 spiro atoms. The number of hydrogen-bond donors (Lipinski definition) is 2. The van der Waals surface area contributed by atoms with E-state index in [1.54, 1.807) is 0 Å². The molecule has 1 amide bonds. The second kappa shape index (κ2) is 11.7. The fraction of sp³-hybridized carbons (Fsp3) is 0.611. The van der Waals surface area contributed by atoms with Crippen LogP contribution in [0, 0.1) is 6.92 Å². The SMILES string of the molecule is CCCCN1CCC(NC(=O)C(N)c2ccc(C)cc2)CC1.Cl.Cl. The van der Waals surface area contributed by atoms with Gasteiger partial charge in [-0.05, 0) is 38.3 Å². The fourth-order valence-corrected chi connectivity index (χ4v) is 2.90. The summed E-state index contributed by atoms with van der Waals surface area (Å²) in [5, 5.41) is 3.12. The van der Waals surface area contributed by atoms with Crippen LogP contribution in [0.1, 0.15) is 49.8 Å².